The van der Waals surface area contributed by atoms with Crippen molar-refractivity contribution in [3.05, 3.63) is 30.3 Å². The maximum absolute atomic E-state index is 9.23. The fraction of sp³-hybridized carbons (Fsp3) is 0.400. The van der Waals surface area contributed by atoms with Crippen LogP contribution in [0.15, 0.2) is 30.3 Å². The minimum Gasteiger partial charge on any atom is -0.390 e. The summed E-state index contributed by atoms with van der Waals surface area (Å²) in [6.07, 6.45) is 0. The molecule has 3 heteroatoms. The highest BCUT2D eigenvalue weighted by Gasteiger charge is 2.22. The monoisotopic (exact) mass is 182 g/mol. The third-order valence-electron chi connectivity index (χ3n) is 2.29. The van der Waals surface area contributed by atoms with Crippen molar-refractivity contribution >= 4 is 5.69 Å². The highest BCUT2D eigenvalue weighted by molar-refractivity contribution is 5.41. The third kappa shape index (κ3) is 2.28. The van der Waals surface area contributed by atoms with E-state index in [9.17, 15) is 5.11 Å². The number of aliphatic hydroxyl groups excluding tert-OH is 2. The van der Waals surface area contributed by atoms with Crippen LogP contribution in [0.5, 0.6) is 0 Å². The lowest BCUT2D eigenvalue weighted by Gasteiger charge is -2.30. The Morgan fingerprint density at radius 2 is 1.77 bits per heavy atom. The number of aliphatic hydroxyl groups is 2. The Bertz CT molecular complexity index is 250. The first-order chi connectivity index (χ1) is 6.23. The Balaban J connectivity index is 2.89. The summed E-state index contributed by atoms with van der Waals surface area (Å²) in [5.41, 5.74) is 1.01. The second-order valence-electron chi connectivity index (χ2n) is 3.32. The van der Waals surface area contributed by atoms with Crippen molar-refractivity contribution in [2.75, 3.05) is 26.9 Å². The van der Waals surface area contributed by atoms with Gasteiger partial charge in [0.25, 0.3) is 0 Å². The molecule has 1 atom stereocenters. The van der Waals surface area contributed by atoms with Gasteiger partial charge in [0.2, 0.25) is 0 Å². The minimum atomic E-state index is 0.00454. The first-order valence-corrected chi connectivity index (χ1v) is 4.35. The van der Waals surface area contributed by atoms with E-state index in [4.69, 9.17) is 5.11 Å². The van der Waals surface area contributed by atoms with Crippen LogP contribution < -0.4 is 4.48 Å². The van der Waals surface area contributed by atoms with Gasteiger partial charge < -0.3 is 10.2 Å². The van der Waals surface area contributed by atoms with E-state index < -0.39 is 0 Å². The van der Waals surface area contributed by atoms with Crippen molar-refractivity contribution in [2.24, 2.45) is 0 Å². The summed E-state index contributed by atoms with van der Waals surface area (Å²) in [5.74, 6) is 0. The van der Waals surface area contributed by atoms with Gasteiger partial charge in [-0.3, -0.25) is 4.48 Å². The van der Waals surface area contributed by atoms with Gasteiger partial charge >= 0.3 is 0 Å². The third-order valence-corrected chi connectivity index (χ3v) is 2.29. The highest BCUT2D eigenvalue weighted by atomic mass is 16.3. The number of hydrogen-bond acceptors (Lipinski definition) is 2. The zero-order valence-corrected chi connectivity index (χ0v) is 7.85. The summed E-state index contributed by atoms with van der Waals surface area (Å²) in [5, 5.41) is 18.1. The molecule has 3 nitrogen and oxygen atoms in total. The standard InChI is InChI=1S/C10H16NO2/c1-11(9-13,7-8-12)10-5-3-2-4-6-10/h2-6,12-13H,7-9H2,1H3/q+1. The largest absolute Gasteiger partial charge is 0.390 e. The van der Waals surface area contributed by atoms with Gasteiger partial charge in [0, 0.05) is 0 Å². The summed E-state index contributed by atoms with van der Waals surface area (Å²) in [6.45, 7) is 0.608. The molecule has 13 heavy (non-hydrogen) atoms. The molecule has 0 spiro atoms. The van der Waals surface area contributed by atoms with Crippen molar-refractivity contribution in [3.8, 4) is 0 Å². The van der Waals surface area contributed by atoms with Gasteiger partial charge in [-0.1, -0.05) is 18.2 Å². The maximum atomic E-state index is 9.23. The molecule has 1 aromatic rings. The van der Waals surface area contributed by atoms with E-state index in [-0.39, 0.29) is 13.3 Å². The van der Waals surface area contributed by atoms with Crippen molar-refractivity contribution in [3.63, 3.8) is 0 Å². The molecule has 0 saturated heterocycles. The molecule has 0 bridgehead atoms. The zero-order valence-electron chi connectivity index (χ0n) is 7.85. The number of para-hydroxylation sites is 1. The summed E-state index contributed by atoms with van der Waals surface area (Å²) < 4.78 is 0.358. The van der Waals surface area contributed by atoms with Gasteiger partial charge in [0.15, 0.2) is 6.73 Å². The molecule has 0 amide bonds. The number of benzene rings is 1. The predicted molar refractivity (Wildman–Crippen MR) is 53.2 cm³/mol. The van der Waals surface area contributed by atoms with Crippen LogP contribution in [-0.2, 0) is 0 Å². The van der Waals surface area contributed by atoms with E-state index in [1.165, 1.54) is 0 Å². The van der Waals surface area contributed by atoms with Gasteiger partial charge in [-0.25, -0.2) is 0 Å². The van der Waals surface area contributed by atoms with Crippen molar-refractivity contribution < 1.29 is 10.2 Å². The lowest BCUT2D eigenvalue weighted by molar-refractivity contribution is 0.114. The van der Waals surface area contributed by atoms with Crippen LogP contribution in [0.2, 0.25) is 0 Å². The fourth-order valence-electron chi connectivity index (χ4n) is 1.29. The van der Waals surface area contributed by atoms with Gasteiger partial charge in [-0.15, -0.1) is 0 Å². The number of quaternary nitrogens is 1. The van der Waals surface area contributed by atoms with E-state index in [0.29, 0.717) is 11.0 Å². The molecule has 1 aromatic carbocycles. The number of nitrogens with zero attached hydrogens (tertiary/aromatic N) is 1. The predicted octanol–water partition coefficient (Wildman–Crippen LogP) is 0.566. The molecule has 72 valence electrons. The Morgan fingerprint density at radius 1 is 1.15 bits per heavy atom. The molecule has 0 saturated carbocycles. The zero-order chi connectivity index (χ0) is 9.73. The van der Waals surface area contributed by atoms with Crippen LogP contribution in [0.25, 0.3) is 0 Å². The van der Waals surface area contributed by atoms with E-state index in [0.717, 1.165) is 5.69 Å². The Morgan fingerprint density at radius 3 is 2.23 bits per heavy atom. The van der Waals surface area contributed by atoms with Crippen LogP contribution in [0.4, 0.5) is 5.69 Å². The second-order valence-corrected chi connectivity index (χ2v) is 3.32. The lowest BCUT2D eigenvalue weighted by Crippen LogP contribution is -2.47. The van der Waals surface area contributed by atoms with Crippen LogP contribution in [0.3, 0.4) is 0 Å². The van der Waals surface area contributed by atoms with E-state index in [1.807, 2.05) is 37.4 Å². The van der Waals surface area contributed by atoms with Crippen molar-refractivity contribution in [1.82, 2.24) is 4.48 Å². The van der Waals surface area contributed by atoms with Crippen LogP contribution in [-0.4, -0.2) is 37.1 Å². The van der Waals surface area contributed by atoms with E-state index in [1.54, 1.807) is 0 Å². The number of likely N-dealkylation sites (N-methyl/N-ethyl adjacent to an activating group) is 1. The number of rotatable bonds is 4. The average molecular weight is 182 g/mol. The Hall–Kier alpha value is -0.900. The van der Waals surface area contributed by atoms with Crippen LogP contribution in [0, 0.1) is 0 Å². The SMILES string of the molecule is C[N+](CO)(CCO)c1ccccc1. The van der Waals surface area contributed by atoms with Gasteiger partial charge in [0.1, 0.15) is 12.2 Å². The molecule has 0 aliphatic rings. The molecule has 0 heterocycles. The van der Waals surface area contributed by atoms with Gasteiger partial charge in [-0.2, -0.15) is 0 Å². The molecule has 2 N–H and O–H groups in total. The van der Waals surface area contributed by atoms with Crippen LogP contribution >= 0.6 is 0 Å². The normalized spacial score (nSPS) is 15.3. The average Bonchev–Trinajstić information content (AvgIpc) is 2.19. The van der Waals surface area contributed by atoms with Crippen molar-refractivity contribution in [2.45, 2.75) is 0 Å². The summed E-state index contributed by atoms with van der Waals surface area (Å²) in [7, 11) is 1.89. The van der Waals surface area contributed by atoms with Gasteiger partial charge in [-0.05, 0) is 12.1 Å². The molecule has 0 aromatic heterocycles. The lowest BCUT2D eigenvalue weighted by atomic mass is 10.2. The van der Waals surface area contributed by atoms with Crippen molar-refractivity contribution in [1.29, 1.82) is 0 Å². The molecule has 0 aliphatic heterocycles. The van der Waals surface area contributed by atoms with Gasteiger partial charge in [0.05, 0.1) is 13.7 Å². The Labute approximate surface area is 78.4 Å². The first-order valence-electron chi connectivity index (χ1n) is 4.35. The Kier molecular flexibility index (Phi) is 3.42. The van der Waals surface area contributed by atoms with Crippen LogP contribution in [0.1, 0.15) is 0 Å². The molecule has 0 aliphatic carbocycles. The molecule has 1 rings (SSSR count). The van der Waals surface area contributed by atoms with E-state index >= 15 is 0 Å². The maximum Gasteiger partial charge on any atom is 0.184 e. The van der Waals surface area contributed by atoms with E-state index in [2.05, 4.69) is 0 Å². The summed E-state index contributed by atoms with van der Waals surface area (Å²) >= 11 is 0. The summed E-state index contributed by atoms with van der Waals surface area (Å²) in [6, 6.07) is 9.69. The summed E-state index contributed by atoms with van der Waals surface area (Å²) in [4.78, 5) is 0. The molecular weight excluding hydrogens is 166 g/mol. The molecule has 0 radical (unpaired) electrons. The molecule has 0 fully saturated rings. The molecule has 1 unspecified atom stereocenters. The highest BCUT2D eigenvalue weighted by Crippen LogP contribution is 2.18. The smallest absolute Gasteiger partial charge is 0.184 e. The topological polar surface area (TPSA) is 40.5 Å². The number of hydrogen-bond donors (Lipinski definition) is 2. The molecular formula is C10H16NO2+. The minimum absolute atomic E-state index is 0.00454. The fourth-order valence-corrected chi connectivity index (χ4v) is 1.29. The second kappa shape index (κ2) is 4.37. The quantitative estimate of drug-likeness (QED) is 0.528. The first kappa shape index (κ1) is 10.2.